The zero-order chi connectivity index (χ0) is 10.5. The molecule has 2 amide bonds. The van der Waals surface area contributed by atoms with Crippen molar-refractivity contribution in [3.8, 4) is 0 Å². The number of aliphatic hydroxyl groups excluding tert-OH is 1. The quantitative estimate of drug-likeness (QED) is 0.612. The van der Waals surface area contributed by atoms with Gasteiger partial charge in [-0.15, -0.1) is 0 Å². The van der Waals surface area contributed by atoms with E-state index in [-0.39, 0.29) is 24.2 Å². The lowest BCUT2D eigenvalue weighted by molar-refractivity contribution is 0.209. The summed E-state index contributed by atoms with van der Waals surface area (Å²) >= 11 is 0. The van der Waals surface area contributed by atoms with Crippen LogP contribution in [0.4, 0.5) is 4.79 Å². The van der Waals surface area contributed by atoms with Gasteiger partial charge in [-0.2, -0.15) is 0 Å². The molecule has 0 aliphatic carbocycles. The highest BCUT2D eigenvalue weighted by atomic mass is 16.3. The molecule has 4 nitrogen and oxygen atoms in total. The van der Waals surface area contributed by atoms with E-state index in [0.29, 0.717) is 6.42 Å². The van der Waals surface area contributed by atoms with Crippen LogP contribution in [-0.2, 0) is 0 Å². The smallest absolute Gasteiger partial charge is 0.315 e. The molecule has 0 saturated carbocycles. The summed E-state index contributed by atoms with van der Waals surface area (Å²) in [7, 11) is 0. The maximum atomic E-state index is 11.2. The first-order valence-corrected chi connectivity index (χ1v) is 4.57. The fourth-order valence-corrected chi connectivity index (χ4v) is 0.948. The molecule has 0 saturated heterocycles. The number of urea groups is 1. The molecule has 0 atom stereocenters. The maximum Gasteiger partial charge on any atom is 0.315 e. The molecule has 78 valence electrons. The minimum atomic E-state index is -0.353. The molecule has 0 aromatic rings. The van der Waals surface area contributed by atoms with Crippen LogP contribution >= 0.6 is 0 Å². The average Bonchev–Trinajstić information content (AvgIpc) is 1.81. The van der Waals surface area contributed by atoms with Crippen LogP contribution in [0.2, 0.25) is 0 Å². The van der Waals surface area contributed by atoms with Gasteiger partial charge in [0.1, 0.15) is 0 Å². The fourth-order valence-electron chi connectivity index (χ4n) is 0.948. The summed E-state index contributed by atoms with van der Waals surface area (Å²) in [5, 5.41) is 14.2. The molecule has 13 heavy (non-hydrogen) atoms. The van der Waals surface area contributed by atoms with Crippen molar-refractivity contribution in [3.05, 3.63) is 0 Å². The first-order valence-electron chi connectivity index (χ1n) is 4.57. The summed E-state index contributed by atoms with van der Waals surface area (Å²) in [5.74, 6) is 0. The highest BCUT2D eigenvalue weighted by Crippen LogP contribution is 2.06. The summed E-state index contributed by atoms with van der Waals surface area (Å²) in [6, 6.07) is -0.0571. The second-order valence-corrected chi connectivity index (χ2v) is 4.11. The van der Waals surface area contributed by atoms with Gasteiger partial charge in [0, 0.05) is 18.2 Å². The first-order chi connectivity index (χ1) is 5.87. The van der Waals surface area contributed by atoms with Crippen molar-refractivity contribution in [1.29, 1.82) is 0 Å². The highest BCUT2D eigenvalue weighted by molar-refractivity contribution is 5.74. The summed E-state index contributed by atoms with van der Waals surface area (Å²) in [4.78, 5) is 11.2. The monoisotopic (exact) mass is 188 g/mol. The van der Waals surface area contributed by atoms with Gasteiger partial charge in [-0.25, -0.2) is 4.79 Å². The predicted octanol–water partition coefficient (Wildman–Crippen LogP) is 0.855. The molecular formula is C9H20N2O2. The number of nitrogens with one attached hydrogen (secondary N) is 2. The van der Waals surface area contributed by atoms with Gasteiger partial charge < -0.3 is 15.7 Å². The Bertz CT molecular complexity index is 167. The molecule has 0 aliphatic rings. The van der Waals surface area contributed by atoms with Crippen molar-refractivity contribution >= 4 is 6.03 Å². The van der Waals surface area contributed by atoms with Gasteiger partial charge in [0.05, 0.1) is 0 Å². The van der Waals surface area contributed by atoms with E-state index in [1.54, 1.807) is 0 Å². The number of hydrogen-bond donors (Lipinski definition) is 3. The lowest BCUT2D eigenvalue weighted by atomic mass is 10.0. The third kappa shape index (κ3) is 6.40. The topological polar surface area (TPSA) is 61.4 Å². The SMILES string of the molecule is CC(C)NC(=O)NC(C)(C)CCO. The third-order valence-electron chi connectivity index (χ3n) is 1.61. The Kier molecular flexibility index (Phi) is 4.77. The molecule has 0 bridgehead atoms. The average molecular weight is 188 g/mol. The predicted molar refractivity (Wildman–Crippen MR) is 52.6 cm³/mol. The Morgan fingerprint density at radius 2 is 2.00 bits per heavy atom. The van der Waals surface area contributed by atoms with Crippen LogP contribution in [0.3, 0.4) is 0 Å². The lowest BCUT2D eigenvalue weighted by Gasteiger charge is -2.26. The number of aliphatic hydroxyl groups is 1. The number of carbonyl (C=O) groups is 1. The van der Waals surface area contributed by atoms with E-state index in [1.807, 2.05) is 27.7 Å². The molecular weight excluding hydrogens is 168 g/mol. The molecule has 0 aromatic carbocycles. The first kappa shape index (κ1) is 12.2. The molecule has 0 heterocycles. The molecule has 0 spiro atoms. The van der Waals surface area contributed by atoms with E-state index in [1.165, 1.54) is 0 Å². The summed E-state index contributed by atoms with van der Waals surface area (Å²) < 4.78 is 0. The van der Waals surface area contributed by atoms with Gasteiger partial charge in [-0.3, -0.25) is 0 Å². The Morgan fingerprint density at radius 3 is 2.38 bits per heavy atom. The van der Waals surface area contributed by atoms with Crippen LogP contribution in [0.25, 0.3) is 0 Å². The van der Waals surface area contributed by atoms with Crippen molar-refractivity contribution in [2.45, 2.75) is 45.7 Å². The van der Waals surface area contributed by atoms with Crippen molar-refractivity contribution in [2.24, 2.45) is 0 Å². The normalized spacial score (nSPS) is 11.5. The van der Waals surface area contributed by atoms with Crippen molar-refractivity contribution in [3.63, 3.8) is 0 Å². The van der Waals surface area contributed by atoms with Gasteiger partial charge in [-0.1, -0.05) is 0 Å². The molecule has 0 unspecified atom stereocenters. The highest BCUT2D eigenvalue weighted by Gasteiger charge is 2.19. The van der Waals surface area contributed by atoms with E-state index in [0.717, 1.165) is 0 Å². The van der Waals surface area contributed by atoms with Crippen LogP contribution < -0.4 is 10.6 Å². The van der Waals surface area contributed by atoms with Crippen LogP contribution in [-0.4, -0.2) is 29.3 Å². The number of amides is 2. The number of carbonyl (C=O) groups excluding carboxylic acids is 1. The Hall–Kier alpha value is -0.770. The largest absolute Gasteiger partial charge is 0.396 e. The Balaban J connectivity index is 3.89. The van der Waals surface area contributed by atoms with Gasteiger partial charge in [0.2, 0.25) is 0 Å². The van der Waals surface area contributed by atoms with Crippen LogP contribution in [0.1, 0.15) is 34.1 Å². The molecule has 0 aromatic heterocycles. The maximum absolute atomic E-state index is 11.2. The summed E-state index contributed by atoms with van der Waals surface area (Å²) in [6.07, 6.45) is 0.554. The third-order valence-corrected chi connectivity index (χ3v) is 1.61. The number of rotatable bonds is 4. The van der Waals surface area contributed by atoms with Crippen molar-refractivity contribution in [1.82, 2.24) is 10.6 Å². The van der Waals surface area contributed by atoms with Gasteiger partial charge in [0.15, 0.2) is 0 Å². The molecule has 0 radical (unpaired) electrons. The minimum Gasteiger partial charge on any atom is -0.396 e. The van der Waals surface area contributed by atoms with Gasteiger partial charge >= 0.3 is 6.03 Å². The summed E-state index contributed by atoms with van der Waals surface area (Å²) in [5.41, 5.74) is -0.353. The minimum absolute atomic E-state index is 0.0783. The number of hydrogen-bond acceptors (Lipinski definition) is 2. The molecule has 3 N–H and O–H groups in total. The van der Waals surface area contributed by atoms with Crippen LogP contribution in [0.5, 0.6) is 0 Å². The standard InChI is InChI=1S/C9H20N2O2/c1-7(2)10-8(13)11-9(3,4)5-6-12/h7,12H,5-6H2,1-4H3,(H2,10,11,13). The zero-order valence-electron chi connectivity index (χ0n) is 8.85. The second kappa shape index (κ2) is 5.07. The van der Waals surface area contributed by atoms with E-state index in [2.05, 4.69) is 10.6 Å². The lowest BCUT2D eigenvalue weighted by Crippen LogP contribution is -2.50. The van der Waals surface area contributed by atoms with Gasteiger partial charge in [-0.05, 0) is 34.1 Å². The van der Waals surface area contributed by atoms with Crippen LogP contribution in [0, 0.1) is 0 Å². The second-order valence-electron chi connectivity index (χ2n) is 4.11. The molecule has 0 fully saturated rings. The van der Waals surface area contributed by atoms with E-state index in [9.17, 15) is 4.79 Å². The Labute approximate surface area is 79.7 Å². The molecule has 4 heteroatoms. The van der Waals surface area contributed by atoms with Crippen LogP contribution in [0.15, 0.2) is 0 Å². The van der Waals surface area contributed by atoms with E-state index in [4.69, 9.17) is 5.11 Å². The van der Waals surface area contributed by atoms with E-state index >= 15 is 0 Å². The Morgan fingerprint density at radius 1 is 1.46 bits per heavy atom. The van der Waals surface area contributed by atoms with Crippen molar-refractivity contribution < 1.29 is 9.90 Å². The van der Waals surface area contributed by atoms with Gasteiger partial charge in [0.25, 0.3) is 0 Å². The molecule has 0 rings (SSSR count). The van der Waals surface area contributed by atoms with E-state index < -0.39 is 0 Å². The van der Waals surface area contributed by atoms with Crippen molar-refractivity contribution in [2.75, 3.05) is 6.61 Å². The summed E-state index contributed by atoms with van der Waals surface area (Å²) in [6.45, 7) is 7.64. The molecule has 0 aliphatic heterocycles. The fraction of sp³-hybridized carbons (Fsp3) is 0.889. The zero-order valence-corrected chi connectivity index (χ0v) is 8.85.